The molecule has 3 rings (SSSR count). The number of ether oxygens (including phenoxy) is 2. The van der Waals surface area contributed by atoms with Gasteiger partial charge >= 0.3 is 5.97 Å². The molecule has 0 aliphatic carbocycles. The van der Waals surface area contributed by atoms with E-state index in [9.17, 15) is 14.4 Å². The summed E-state index contributed by atoms with van der Waals surface area (Å²) in [7, 11) is 1.28. The molecule has 1 aliphatic rings. The Labute approximate surface area is 163 Å². The summed E-state index contributed by atoms with van der Waals surface area (Å²) in [6.45, 7) is 2.14. The summed E-state index contributed by atoms with van der Waals surface area (Å²) < 4.78 is 10.3. The van der Waals surface area contributed by atoms with Gasteiger partial charge in [0.15, 0.2) is 6.10 Å². The van der Waals surface area contributed by atoms with Gasteiger partial charge in [-0.2, -0.15) is 0 Å². The molecule has 1 unspecified atom stereocenters. The largest absolute Gasteiger partial charge is 0.479 e. The predicted octanol–water partition coefficient (Wildman–Crippen LogP) is 2.89. The normalized spacial score (nSPS) is 15.4. The molecule has 0 spiro atoms. The van der Waals surface area contributed by atoms with Crippen LogP contribution in [-0.4, -0.2) is 31.0 Å². The molecule has 0 radical (unpaired) electrons. The van der Waals surface area contributed by atoms with Crippen molar-refractivity contribution in [3.8, 4) is 5.75 Å². The molecule has 0 aromatic heterocycles. The van der Waals surface area contributed by atoms with Crippen molar-refractivity contribution >= 4 is 29.2 Å². The van der Waals surface area contributed by atoms with Gasteiger partial charge in [-0.1, -0.05) is 30.3 Å². The fourth-order valence-electron chi connectivity index (χ4n) is 2.96. The number of rotatable bonds is 6. The summed E-state index contributed by atoms with van der Waals surface area (Å²) in [6, 6.07) is 14.8. The van der Waals surface area contributed by atoms with Crippen LogP contribution in [0.2, 0.25) is 0 Å². The first-order valence-corrected chi connectivity index (χ1v) is 9.00. The number of carbonyl (C=O) groups is 3. The van der Waals surface area contributed by atoms with E-state index in [0.29, 0.717) is 23.7 Å². The number of carbonyl (C=O) groups excluding carboxylic acids is 3. The van der Waals surface area contributed by atoms with Gasteiger partial charge in [-0.3, -0.25) is 14.4 Å². The minimum Gasteiger partial charge on any atom is -0.479 e. The SMILES string of the molecule is COC(=O)CCC(=O)Nc1ccc2c(c1)OC(C)C(=O)N2Cc1ccccc1. The third kappa shape index (κ3) is 4.49. The molecule has 0 saturated carbocycles. The number of anilines is 2. The van der Waals surface area contributed by atoms with E-state index in [1.165, 1.54) is 7.11 Å². The molecule has 0 saturated heterocycles. The van der Waals surface area contributed by atoms with E-state index in [2.05, 4.69) is 10.1 Å². The molecule has 7 nitrogen and oxygen atoms in total. The molecule has 1 N–H and O–H groups in total. The molecule has 1 atom stereocenters. The molecule has 7 heteroatoms. The van der Waals surface area contributed by atoms with Gasteiger partial charge in [0, 0.05) is 18.2 Å². The Kier molecular flexibility index (Phi) is 5.93. The van der Waals surface area contributed by atoms with Crippen molar-refractivity contribution in [3.63, 3.8) is 0 Å². The number of nitrogens with zero attached hydrogens (tertiary/aromatic N) is 1. The highest BCUT2D eigenvalue weighted by molar-refractivity contribution is 6.00. The summed E-state index contributed by atoms with van der Waals surface area (Å²) >= 11 is 0. The molecule has 146 valence electrons. The third-order valence-electron chi connectivity index (χ3n) is 4.42. The monoisotopic (exact) mass is 382 g/mol. The van der Waals surface area contributed by atoms with Crippen LogP contribution in [0.5, 0.6) is 5.75 Å². The van der Waals surface area contributed by atoms with Crippen LogP contribution in [0.3, 0.4) is 0 Å². The summed E-state index contributed by atoms with van der Waals surface area (Å²) in [6.07, 6.45) is -0.582. The molecule has 0 bridgehead atoms. The number of amides is 2. The summed E-state index contributed by atoms with van der Waals surface area (Å²) in [5.74, 6) is -0.334. The van der Waals surface area contributed by atoms with E-state index in [0.717, 1.165) is 5.56 Å². The number of hydrogen-bond donors (Lipinski definition) is 1. The fraction of sp³-hybridized carbons (Fsp3) is 0.286. The highest BCUT2D eigenvalue weighted by Gasteiger charge is 2.31. The number of fused-ring (bicyclic) bond motifs is 1. The number of hydrogen-bond acceptors (Lipinski definition) is 5. The second-order valence-corrected chi connectivity index (χ2v) is 6.48. The van der Waals surface area contributed by atoms with Crippen molar-refractivity contribution in [1.82, 2.24) is 0 Å². The number of esters is 1. The molecular formula is C21H22N2O5. The predicted molar refractivity (Wildman–Crippen MR) is 104 cm³/mol. The van der Waals surface area contributed by atoms with Gasteiger partial charge in [0.2, 0.25) is 5.91 Å². The van der Waals surface area contributed by atoms with Gasteiger partial charge in [-0.15, -0.1) is 0 Å². The lowest BCUT2D eigenvalue weighted by atomic mass is 10.1. The summed E-state index contributed by atoms with van der Waals surface area (Å²) in [5.41, 5.74) is 2.20. The van der Waals surface area contributed by atoms with Gasteiger partial charge < -0.3 is 19.7 Å². The Hall–Kier alpha value is -3.35. The zero-order chi connectivity index (χ0) is 20.1. The smallest absolute Gasteiger partial charge is 0.306 e. The van der Waals surface area contributed by atoms with E-state index in [1.807, 2.05) is 30.3 Å². The lowest BCUT2D eigenvalue weighted by Gasteiger charge is -2.33. The molecule has 2 aromatic rings. The van der Waals surface area contributed by atoms with Crippen molar-refractivity contribution < 1.29 is 23.9 Å². The second-order valence-electron chi connectivity index (χ2n) is 6.48. The molecule has 0 fully saturated rings. The Balaban J connectivity index is 1.76. The number of benzene rings is 2. The number of methoxy groups -OCH3 is 1. The summed E-state index contributed by atoms with van der Waals surface area (Å²) in [5, 5.41) is 2.73. The first kappa shape index (κ1) is 19.4. The maximum absolute atomic E-state index is 12.6. The highest BCUT2D eigenvalue weighted by atomic mass is 16.5. The topological polar surface area (TPSA) is 84.9 Å². The molecule has 2 aromatic carbocycles. The fourth-order valence-corrected chi connectivity index (χ4v) is 2.96. The lowest BCUT2D eigenvalue weighted by molar-refractivity contribution is -0.141. The quantitative estimate of drug-likeness (QED) is 0.777. The van der Waals surface area contributed by atoms with Crippen LogP contribution in [0, 0.1) is 0 Å². The van der Waals surface area contributed by atoms with Crippen molar-refractivity contribution in [2.24, 2.45) is 0 Å². The highest BCUT2D eigenvalue weighted by Crippen LogP contribution is 2.37. The van der Waals surface area contributed by atoms with Crippen LogP contribution in [-0.2, 0) is 25.7 Å². The van der Waals surface area contributed by atoms with Crippen LogP contribution in [0.15, 0.2) is 48.5 Å². The lowest BCUT2D eigenvalue weighted by Crippen LogP contribution is -2.44. The Bertz CT molecular complexity index is 882. The molecule has 28 heavy (non-hydrogen) atoms. The zero-order valence-corrected chi connectivity index (χ0v) is 15.8. The maximum atomic E-state index is 12.6. The van der Waals surface area contributed by atoms with Crippen molar-refractivity contribution in [1.29, 1.82) is 0 Å². The average molecular weight is 382 g/mol. The standard InChI is InChI=1S/C21H22N2O5/c1-14-21(26)23(13-15-6-4-3-5-7-15)17-9-8-16(12-18(17)28-14)22-19(24)10-11-20(25)27-2/h3-9,12,14H,10-11,13H2,1-2H3,(H,22,24). The van der Waals surface area contributed by atoms with E-state index in [1.54, 1.807) is 30.0 Å². The maximum Gasteiger partial charge on any atom is 0.306 e. The second kappa shape index (κ2) is 8.56. The average Bonchev–Trinajstić information content (AvgIpc) is 2.70. The summed E-state index contributed by atoms with van der Waals surface area (Å²) in [4.78, 5) is 37.5. The van der Waals surface area contributed by atoms with E-state index in [4.69, 9.17) is 4.74 Å². The van der Waals surface area contributed by atoms with Gasteiger partial charge in [0.1, 0.15) is 5.75 Å². The van der Waals surface area contributed by atoms with Crippen molar-refractivity contribution in [2.45, 2.75) is 32.4 Å². The minimum absolute atomic E-state index is 0.0141. The minimum atomic E-state index is -0.624. The molecule has 1 aliphatic heterocycles. The first-order valence-electron chi connectivity index (χ1n) is 9.00. The van der Waals surface area contributed by atoms with Crippen molar-refractivity contribution in [2.75, 3.05) is 17.3 Å². The van der Waals surface area contributed by atoms with Crippen molar-refractivity contribution in [3.05, 3.63) is 54.1 Å². The van der Waals surface area contributed by atoms with Crippen LogP contribution < -0.4 is 15.0 Å². The molecule has 2 amide bonds. The van der Waals surface area contributed by atoms with Crippen LogP contribution >= 0.6 is 0 Å². The van der Waals surface area contributed by atoms with Gasteiger partial charge in [0.05, 0.1) is 25.8 Å². The van der Waals surface area contributed by atoms with Gasteiger partial charge in [-0.05, 0) is 24.6 Å². The van der Waals surface area contributed by atoms with Gasteiger partial charge in [-0.25, -0.2) is 0 Å². The van der Waals surface area contributed by atoms with Crippen LogP contribution in [0.25, 0.3) is 0 Å². The van der Waals surface area contributed by atoms with Gasteiger partial charge in [0.25, 0.3) is 5.91 Å². The van der Waals surface area contributed by atoms with E-state index < -0.39 is 12.1 Å². The first-order chi connectivity index (χ1) is 13.5. The van der Waals surface area contributed by atoms with Crippen LogP contribution in [0.4, 0.5) is 11.4 Å². The Morgan fingerprint density at radius 3 is 2.61 bits per heavy atom. The third-order valence-corrected chi connectivity index (χ3v) is 4.42. The Morgan fingerprint density at radius 2 is 1.89 bits per heavy atom. The zero-order valence-electron chi connectivity index (χ0n) is 15.8. The molecule has 1 heterocycles. The number of nitrogens with one attached hydrogen (secondary N) is 1. The van der Waals surface area contributed by atoms with E-state index >= 15 is 0 Å². The molecular weight excluding hydrogens is 360 g/mol. The van der Waals surface area contributed by atoms with Crippen LogP contribution in [0.1, 0.15) is 25.3 Å². The Morgan fingerprint density at radius 1 is 1.14 bits per heavy atom. The van der Waals surface area contributed by atoms with E-state index in [-0.39, 0.29) is 24.7 Å².